The van der Waals surface area contributed by atoms with E-state index >= 15 is 0 Å². The molecular formula is C17H21N3O2. The van der Waals surface area contributed by atoms with E-state index < -0.39 is 11.4 Å². The molecular weight excluding hydrogens is 278 g/mol. The molecule has 0 bridgehead atoms. The first-order valence-electron chi connectivity index (χ1n) is 7.56. The Balaban J connectivity index is 1.76. The van der Waals surface area contributed by atoms with Crippen molar-refractivity contribution in [2.24, 2.45) is 0 Å². The maximum atomic E-state index is 11.7. The molecule has 2 heterocycles. The smallest absolute Gasteiger partial charge is 0.288 e. The predicted molar refractivity (Wildman–Crippen MR) is 83.5 cm³/mol. The SMILES string of the molecule is CN1CC(C2(C)CCC(=O)C(=O)N2)=CN1Cc1ccccc1. The van der Waals surface area contributed by atoms with Crippen molar-refractivity contribution in [3.05, 3.63) is 47.7 Å². The van der Waals surface area contributed by atoms with Crippen LogP contribution in [-0.2, 0) is 16.1 Å². The topological polar surface area (TPSA) is 52.7 Å². The van der Waals surface area contributed by atoms with Gasteiger partial charge in [-0.1, -0.05) is 30.3 Å². The molecule has 5 nitrogen and oxygen atoms in total. The van der Waals surface area contributed by atoms with Gasteiger partial charge in [0, 0.05) is 26.2 Å². The average molecular weight is 299 g/mol. The second-order valence-electron chi connectivity index (χ2n) is 6.26. The third kappa shape index (κ3) is 2.76. The molecule has 1 fully saturated rings. The maximum absolute atomic E-state index is 11.7. The molecule has 0 saturated carbocycles. The molecule has 116 valence electrons. The number of hydrogen-bond donors (Lipinski definition) is 1. The summed E-state index contributed by atoms with van der Waals surface area (Å²) in [5.74, 6) is -0.774. The molecule has 22 heavy (non-hydrogen) atoms. The minimum Gasteiger partial charge on any atom is -0.340 e. The fourth-order valence-electron chi connectivity index (χ4n) is 3.01. The summed E-state index contributed by atoms with van der Waals surface area (Å²) in [5, 5.41) is 7.17. The van der Waals surface area contributed by atoms with Crippen LogP contribution in [0, 0.1) is 0 Å². The lowest BCUT2D eigenvalue weighted by Crippen LogP contribution is -2.54. The third-order valence-electron chi connectivity index (χ3n) is 4.53. The Hall–Kier alpha value is -2.14. The fourth-order valence-corrected chi connectivity index (χ4v) is 3.01. The molecule has 2 aliphatic rings. The number of nitrogens with one attached hydrogen (secondary N) is 1. The van der Waals surface area contributed by atoms with Gasteiger partial charge in [0.05, 0.1) is 12.1 Å². The lowest BCUT2D eigenvalue weighted by atomic mass is 9.83. The van der Waals surface area contributed by atoms with E-state index in [2.05, 4.69) is 33.7 Å². The van der Waals surface area contributed by atoms with Crippen LogP contribution >= 0.6 is 0 Å². The molecule has 1 atom stereocenters. The Morgan fingerprint density at radius 3 is 2.64 bits per heavy atom. The zero-order valence-electron chi connectivity index (χ0n) is 13.0. The lowest BCUT2D eigenvalue weighted by molar-refractivity contribution is -0.141. The molecule has 5 heteroatoms. The first-order valence-corrected chi connectivity index (χ1v) is 7.56. The highest BCUT2D eigenvalue weighted by Gasteiger charge is 2.40. The number of Topliss-reactive ketones (excluding diaryl/α,β-unsaturated/α-hetero) is 1. The highest BCUT2D eigenvalue weighted by Crippen LogP contribution is 2.31. The Bertz CT molecular complexity index is 626. The number of rotatable bonds is 3. The quantitative estimate of drug-likeness (QED) is 0.859. The number of ketones is 1. The lowest BCUT2D eigenvalue weighted by Gasteiger charge is -2.35. The van der Waals surface area contributed by atoms with Crippen molar-refractivity contribution in [2.75, 3.05) is 13.6 Å². The van der Waals surface area contributed by atoms with Gasteiger partial charge in [-0.3, -0.25) is 9.59 Å². The first-order chi connectivity index (χ1) is 10.5. The monoisotopic (exact) mass is 299 g/mol. The summed E-state index contributed by atoms with van der Waals surface area (Å²) in [6.07, 6.45) is 3.08. The molecule has 0 spiro atoms. The van der Waals surface area contributed by atoms with Crippen molar-refractivity contribution in [3.8, 4) is 0 Å². The van der Waals surface area contributed by atoms with Crippen molar-refractivity contribution in [3.63, 3.8) is 0 Å². The van der Waals surface area contributed by atoms with Crippen molar-refractivity contribution < 1.29 is 9.59 Å². The average Bonchev–Trinajstić information content (AvgIpc) is 2.87. The normalized spacial score (nSPS) is 26.1. The van der Waals surface area contributed by atoms with Crippen molar-refractivity contribution in [1.82, 2.24) is 15.3 Å². The van der Waals surface area contributed by atoms with Gasteiger partial charge in [0.1, 0.15) is 0 Å². The Labute approximate surface area is 130 Å². The van der Waals surface area contributed by atoms with E-state index in [0.29, 0.717) is 12.8 Å². The molecule has 3 rings (SSSR count). The summed E-state index contributed by atoms with van der Waals surface area (Å²) in [5.41, 5.74) is 1.96. The zero-order chi connectivity index (χ0) is 15.7. The van der Waals surface area contributed by atoms with Crippen LogP contribution in [0.2, 0.25) is 0 Å². The summed E-state index contributed by atoms with van der Waals surface area (Å²) >= 11 is 0. The Morgan fingerprint density at radius 2 is 1.95 bits per heavy atom. The standard InChI is InChI=1S/C17H21N3O2/c1-17(9-8-15(21)16(22)18-17)14-11-19(2)20(12-14)10-13-6-4-3-5-7-13/h3-7,12H,8-11H2,1-2H3,(H,18,22). The number of nitrogens with zero attached hydrogens (tertiary/aromatic N) is 2. The second kappa shape index (κ2) is 5.57. The second-order valence-corrected chi connectivity index (χ2v) is 6.26. The van der Waals surface area contributed by atoms with E-state index in [1.165, 1.54) is 5.56 Å². The van der Waals surface area contributed by atoms with Crippen molar-refractivity contribution in [2.45, 2.75) is 31.8 Å². The number of hydrazine groups is 1. The number of likely N-dealkylation sites (N-methyl/N-ethyl adjacent to an activating group) is 1. The molecule has 0 aliphatic carbocycles. The van der Waals surface area contributed by atoms with Crippen molar-refractivity contribution in [1.29, 1.82) is 0 Å². The molecule has 1 unspecified atom stereocenters. The van der Waals surface area contributed by atoms with Gasteiger partial charge in [0.15, 0.2) is 0 Å². The zero-order valence-corrected chi connectivity index (χ0v) is 13.0. The van der Waals surface area contributed by atoms with Crippen LogP contribution in [0.1, 0.15) is 25.3 Å². The van der Waals surface area contributed by atoms with Crippen LogP contribution in [-0.4, -0.2) is 40.8 Å². The molecule has 0 aromatic heterocycles. The Morgan fingerprint density at radius 1 is 1.23 bits per heavy atom. The van der Waals surface area contributed by atoms with Crippen LogP contribution in [0.5, 0.6) is 0 Å². The highest BCUT2D eigenvalue weighted by atomic mass is 16.2. The third-order valence-corrected chi connectivity index (χ3v) is 4.53. The molecule has 1 aromatic carbocycles. The van der Waals surface area contributed by atoms with Gasteiger partial charge in [-0.2, -0.15) is 0 Å². The first kappa shape index (κ1) is 14.8. The number of benzene rings is 1. The minimum atomic E-state index is -0.459. The summed E-state index contributed by atoms with van der Waals surface area (Å²) in [4.78, 5) is 23.1. The van der Waals surface area contributed by atoms with Gasteiger partial charge < -0.3 is 10.3 Å². The van der Waals surface area contributed by atoms with E-state index in [4.69, 9.17) is 0 Å². The van der Waals surface area contributed by atoms with Gasteiger partial charge in [-0.25, -0.2) is 5.01 Å². The van der Waals surface area contributed by atoms with Gasteiger partial charge in [0.2, 0.25) is 5.78 Å². The van der Waals surface area contributed by atoms with E-state index in [0.717, 1.165) is 18.7 Å². The summed E-state index contributed by atoms with van der Waals surface area (Å²) in [7, 11) is 2.03. The molecule has 1 N–H and O–H groups in total. The number of carbonyl (C=O) groups is 2. The molecule has 2 aliphatic heterocycles. The molecule has 1 saturated heterocycles. The van der Waals surface area contributed by atoms with Gasteiger partial charge in [-0.05, 0) is 24.5 Å². The largest absolute Gasteiger partial charge is 0.340 e. The van der Waals surface area contributed by atoms with Gasteiger partial charge >= 0.3 is 0 Å². The summed E-state index contributed by atoms with van der Waals surface area (Å²) < 4.78 is 0. The predicted octanol–water partition coefficient (Wildman–Crippen LogP) is 1.47. The number of hydrogen-bond acceptors (Lipinski definition) is 4. The molecule has 1 aromatic rings. The highest BCUT2D eigenvalue weighted by molar-refractivity contribution is 6.37. The van der Waals surface area contributed by atoms with E-state index in [-0.39, 0.29) is 5.78 Å². The van der Waals surface area contributed by atoms with Crippen LogP contribution in [0.25, 0.3) is 0 Å². The summed E-state index contributed by atoms with van der Waals surface area (Å²) in [6, 6.07) is 10.3. The van der Waals surface area contributed by atoms with Crippen LogP contribution in [0.3, 0.4) is 0 Å². The Kier molecular flexibility index (Phi) is 3.74. The number of amides is 1. The van der Waals surface area contributed by atoms with E-state index in [1.807, 2.05) is 32.2 Å². The minimum absolute atomic E-state index is 0.314. The van der Waals surface area contributed by atoms with Gasteiger partial charge in [0.25, 0.3) is 5.91 Å². The number of carbonyl (C=O) groups excluding carboxylic acids is 2. The van der Waals surface area contributed by atoms with Crippen LogP contribution in [0.15, 0.2) is 42.1 Å². The molecule has 1 amide bonds. The van der Waals surface area contributed by atoms with E-state index in [9.17, 15) is 9.59 Å². The number of piperidine rings is 1. The maximum Gasteiger partial charge on any atom is 0.288 e. The fraction of sp³-hybridized carbons (Fsp3) is 0.412. The van der Waals surface area contributed by atoms with Crippen LogP contribution < -0.4 is 5.32 Å². The van der Waals surface area contributed by atoms with Gasteiger partial charge in [-0.15, -0.1) is 0 Å². The van der Waals surface area contributed by atoms with Crippen molar-refractivity contribution >= 4 is 11.7 Å². The summed E-state index contributed by atoms with van der Waals surface area (Å²) in [6.45, 7) is 3.56. The molecule has 0 radical (unpaired) electrons. The van der Waals surface area contributed by atoms with Crippen LogP contribution in [0.4, 0.5) is 0 Å². The van der Waals surface area contributed by atoms with E-state index in [1.54, 1.807) is 0 Å².